The van der Waals surface area contributed by atoms with Gasteiger partial charge >= 0.3 is 0 Å². The maximum Gasteiger partial charge on any atom is 0.286 e. The van der Waals surface area contributed by atoms with Crippen LogP contribution in [0.2, 0.25) is 0 Å². The third-order valence-corrected chi connectivity index (χ3v) is 4.25. The first kappa shape index (κ1) is 13.9. The Kier molecular flexibility index (Phi) is 3.15. The Labute approximate surface area is 135 Å². The molecule has 0 unspecified atom stereocenters. The molecule has 1 N–H and O–H groups in total. The number of carbonyl (C=O) groups excluding carboxylic acids is 1. The average Bonchev–Trinajstić information content (AvgIpc) is 3.20. The predicted octanol–water partition coefficient (Wildman–Crippen LogP) is 2.29. The van der Waals surface area contributed by atoms with Crippen LogP contribution in [0.25, 0.3) is 4.96 Å². The van der Waals surface area contributed by atoms with Crippen LogP contribution >= 0.6 is 11.3 Å². The number of hydrogen-bond donors (Lipinski definition) is 1. The van der Waals surface area contributed by atoms with Crippen LogP contribution in [0.3, 0.4) is 0 Å². The zero-order valence-electron chi connectivity index (χ0n) is 12.4. The quantitative estimate of drug-likeness (QED) is 0.792. The second-order valence-corrected chi connectivity index (χ2v) is 6.29. The van der Waals surface area contributed by atoms with Gasteiger partial charge in [0.15, 0.2) is 17.3 Å². The van der Waals surface area contributed by atoms with Gasteiger partial charge in [-0.05, 0) is 12.1 Å². The lowest BCUT2D eigenvalue weighted by molar-refractivity contribution is 0.102. The van der Waals surface area contributed by atoms with E-state index in [-0.39, 0.29) is 18.6 Å². The first-order valence-corrected chi connectivity index (χ1v) is 7.86. The number of nitrogens with one attached hydrogen (secondary N) is 1. The van der Waals surface area contributed by atoms with Crippen LogP contribution in [0.1, 0.15) is 35.4 Å². The summed E-state index contributed by atoms with van der Waals surface area (Å²) in [5, 5.41) is 15.6. The zero-order valence-corrected chi connectivity index (χ0v) is 13.3. The van der Waals surface area contributed by atoms with E-state index in [2.05, 4.69) is 20.6 Å². The summed E-state index contributed by atoms with van der Waals surface area (Å²) in [5.41, 5.74) is 0.620. The third-order valence-electron chi connectivity index (χ3n) is 3.36. The number of nitrogens with zero attached hydrogens (tertiary/aromatic N) is 4. The average molecular weight is 331 g/mol. The van der Waals surface area contributed by atoms with E-state index >= 15 is 0 Å². The van der Waals surface area contributed by atoms with Crippen LogP contribution in [0, 0.1) is 0 Å². The van der Waals surface area contributed by atoms with Gasteiger partial charge in [-0.15, -0.1) is 15.3 Å². The Hall–Kier alpha value is -2.68. The van der Waals surface area contributed by atoms with E-state index in [9.17, 15) is 4.79 Å². The molecule has 2 aromatic heterocycles. The SMILES string of the molecule is CC(C)c1nnc2sc(C(=O)Nc3ccc4c(c3)OCO4)nn12. The number of ether oxygens (including phenoxy) is 2. The molecule has 8 nitrogen and oxygen atoms in total. The molecule has 23 heavy (non-hydrogen) atoms. The van der Waals surface area contributed by atoms with Gasteiger partial charge in [0.05, 0.1) is 0 Å². The van der Waals surface area contributed by atoms with E-state index in [1.54, 1.807) is 22.7 Å². The van der Waals surface area contributed by atoms with Gasteiger partial charge in [-0.2, -0.15) is 4.52 Å². The van der Waals surface area contributed by atoms with Crippen molar-refractivity contribution < 1.29 is 14.3 Å². The molecule has 0 saturated heterocycles. The van der Waals surface area contributed by atoms with Crippen molar-refractivity contribution >= 4 is 27.9 Å². The van der Waals surface area contributed by atoms with Crippen LogP contribution < -0.4 is 14.8 Å². The number of carbonyl (C=O) groups is 1. The third kappa shape index (κ3) is 2.38. The van der Waals surface area contributed by atoms with E-state index in [1.807, 2.05) is 13.8 Å². The monoisotopic (exact) mass is 331 g/mol. The van der Waals surface area contributed by atoms with Gasteiger partial charge in [0.1, 0.15) is 0 Å². The number of fused-ring (bicyclic) bond motifs is 2. The molecule has 0 bridgehead atoms. The second-order valence-electron chi connectivity index (χ2n) is 5.34. The maximum atomic E-state index is 12.4. The minimum atomic E-state index is -0.297. The lowest BCUT2D eigenvalue weighted by Crippen LogP contribution is -2.12. The molecule has 0 atom stereocenters. The first-order valence-electron chi connectivity index (χ1n) is 7.05. The molecule has 1 aromatic carbocycles. The smallest absolute Gasteiger partial charge is 0.286 e. The number of anilines is 1. The van der Waals surface area contributed by atoms with Gasteiger partial charge in [-0.3, -0.25) is 4.79 Å². The highest BCUT2D eigenvalue weighted by molar-refractivity contribution is 7.18. The number of rotatable bonds is 3. The molecule has 0 aliphatic carbocycles. The van der Waals surface area contributed by atoms with Crippen molar-refractivity contribution in [2.75, 3.05) is 12.1 Å². The number of benzene rings is 1. The van der Waals surface area contributed by atoms with Crippen LogP contribution in [0.5, 0.6) is 11.5 Å². The summed E-state index contributed by atoms with van der Waals surface area (Å²) in [5.74, 6) is 1.90. The molecular weight excluding hydrogens is 318 g/mol. The largest absolute Gasteiger partial charge is 0.454 e. The molecule has 1 aliphatic rings. The molecular formula is C14H13N5O3S. The fourth-order valence-corrected chi connectivity index (χ4v) is 2.98. The molecule has 1 aliphatic heterocycles. The molecule has 0 saturated carbocycles. The fraction of sp³-hybridized carbons (Fsp3) is 0.286. The molecule has 1 amide bonds. The zero-order chi connectivity index (χ0) is 16.0. The second kappa shape index (κ2) is 5.20. The molecule has 9 heteroatoms. The summed E-state index contributed by atoms with van der Waals surface area (Å²) in [4.78, 5) is 13.0. The summed E-state index contributed by atoms with van der Waals surface area (Å²) >= 11 is 1.20. The Bertz CT molecular complexity index is 901. The van der Waals surface area contributed by atoms with Crippen LogP contribution in [-0.2, 0) is 0 Å². The molecule has 0 radical (unpaired) electrons. The molecule has 3 heterocycles. The summed E-state index contributed by atoms with van der Waals surface area (Å²) in [6.45, 7) is 4.20. The molecule has 0 fully saturated rings. The van der Waals surface area contributed by atoms with Crippen LogP contribution in [0.4, 0.5) is 5.69 Å². The first-order chi connectivity index (χ1) is 11.1. The molecule has 0 spiro atoms. The number of aromatic nitrogens is 4. The van der Waals surface area contributed by atoms with E-state index in [4.69, 9.17) is 9.47 Å². The minimum Gasteiger partial charge on any atom is -0.454 e. The van der Waals surface area contributed by atoms with Gasteiger partial charge in [-0.25, -0.2) is 0 Å². The van der Waals surface area contributed by atoms with E-state index < -0.39 is 0 Å². The highest BCUT2D eigenvalue weighted by Crippen LogP contribution is 2.34. The van der Waals surface area contributed by atoms with E-state index in [0.717, 1.165) is 5.82 Å². The fourth-order valence-electron chi connectivity index (χ4n) is 2.24. The predicted molar refractivity (Wildman–Crippen MR) is 83.3 cm³/mol. The van der Waals surface area contributed by atoms with Crippen molar-refractivity contribution in [3.63, 3.8) is 0 Å². The van der Waals surface area contributed by atoms with Crippen molar-refractivity contribution in [2.45, 2.75) is 19.8 Å². The van der Waals surface area contributed by atoms with E-state index in [1.165, 1.54) is 11.3 Å². The van der Waals surface area contributed by atoms with Crippen LogP contribution in [0.15, 0.2) is 18.2 Å². The minimum absolute atomic E-state index is 0.178. The Balaban J connectivity index is 1.59. The van der Waals surface area contributed by atoms with Gasteiger partial charge in [0.2, 0.25) is 16.8 Å². The summed E-state index contributed by atoms with van der Waals surface area (Å²) in [7, 11) is 0. The Morgan fingerprint density at radius 2 is 2.13 bits per heavy atom. The lowest BCUT2D eigenvalue weighted by Gasteiger charge is -2.04. The van der Waals surface area contributed by atoms with Crippen LogP contribution in [-0.4, -0.2) is 32.5 Å². The topological polar surface area (TPSA) is 90.6 Å². The molecule has 4 rings (SSSR count). The van der Waals surface area contributed by atoms with Crippen molar-refractivity contribution in [2.24, 2.45) is 0 Å². The number of hydrogen-bond acceptors (Lipinski definition) is 7. The maximum absolute atomic E-state index is 12.4. The van der Waals surface area contributed by atoms with E-state index in [0.29, 0.717) is 27.2 Å². The summed E-state index contributed by atoms with van der Waals surface area (Å²) in [6, 6.07) is 5.23. The Morgan fingerprint density at radius 3 is 2.96 bits per heavy atom. The highest BCUT2D eigenvalue weighted by Gasteiger charge is 2.19. The van der Waals surface area contributed by atoms with Crippen molar-refractivity contribution in [3.8, 4) is 11.5 Å². The van der Waals surface area contributed by atoms with Crippen molar-refractivity contribution in [1.82, 2.24) is 19.8 Å². The van der Waals surface area contributed by atoms with Gasteiger partial charge in [0.25, 0.3) is 5.91 Å². The normalized spacial score (nSPS) is 13.0. The van der Waals surface area contributed by atoms with Crippen molar-refractivity contribution in [1.29, 1.82) is 0 Å². The van der Waals surface area contributed by atoms with Gasteiger partial charge in [0, 0.05) is 17.7 Å². The molecule has 118 valence electrons. The highest BCUT2D eigenvalue weighted by atomic mass is 32.1. The van der Waals surface area contributed by atoms with Gasteiger partial charge in [-0.1, -0.05) is 25.2 Å². The number of amides is 1. The van der Waals surface area contributed by atoms with Crippen molar-refractivity contribution in [3.05, 3.63) is 29.0 Å². The summed E-state index contributed by atoms with van der Waals surface area (Å²) in [6.07, 6.45) is 0. The van der Waals surface area contributed by atoms with Gasteiger partial charge < -0.3 is 14.8 Å². The Morgan fingerprint density at radius 1 is 1.30 bits per heavy atom. The standard InChI is InChI=1S/C14H13N5O3S/c1-7(2)11-16-17-14-19(11)18-13(23-14)12(20)15-8-3-4-9-10(5-8)22-6-21-9/h3-5,7H,6H2,1-2H3,(H,15,20). The molecule has 3 aromatic rings. The summed E-state index contributed by atoms with van der Waals surface area (Å²) < 4.78 is 12.2. The lowest BCUT2D eigenvalue weighted by atomic mass is 10.2.